The van der Waals surface area contributed by atoms with Crippen molar-refractivity contribution in [2.45, 2.75) is 47.0 Å². The van der Waals surface area contributed by atoms with Crippen LogP contribution in [0.25, 0.3) is 11.9 Å². The zero-order valence-electron chi connectivity index (χ0n) is 17.6. The second kappa shape index (κ2) is 7.35. The Kier molecular flexibility index (Phi) is 4.86. The maximum absolute atomic E-state index is 4.92. The van der Waals surface area contributed by atoms with Crippen molar-refractivity contribution in [3.05, 3.63) is 65.1 Å². The molecule has 1 aliphatic carbocycles. The molecular formula is C23H26N6. The topological polar surface area (TPSA) is 68.8 Å². The molecule has 2 heterocycles. The van der Waals surface area contributed by atoms with Gasteiger partial charge in [-0.25, -0.2) is 15.0 Å². The summed E-state index contributed by atoms with van der Waals surface area (Å²) >= 11 is 0. The van der Waals surface area contributed by atoms with E-state index in [1.807, 2.05) is 32.9 Å². The van der Waals surface area contributed by atoms with Crippen LogP contribution in [0.4, 0.5) is 5.69 Å². The number of rotatable bonds is 5. The van der Waals surface area contributed by atoms with Gasteiger partial charge in [-0.1, -0.05) is 24.8 Å². The van der Waals surface area contributed by atoms with Crippen LogP contribution in [0.15, 0.2) is 35.8 Å². The normalized spacial score (nSPS) is 18.7. The first-order valence-corrected chi connectivity index (χ1v) is 9.90. The van der Waals surface area contributed by atoms with Gasteiger partial charge in [0.25, 0.3) is 0 Å². The molecule has 1 fully saturated rings. The van der Waals surface area contributed by atoms with Crippen molar-refractivity contribution in [1.82, 2.24) is 24.7 Å². The van der Waals surface area contributed by atoms with Gasteiger partial charge in [0.1, 0.15) is 17.5 Å². The summed E-state index contributed by atoms with van der Waals surface area (Å²) in [6, 6.07) is 8.31. The molecule has 29 heavy (non-hydrogen) atoms. The van der Waals surface area contributed by atoms with Crippen LogP contribution in [-0.2, 0) is 0 Å². The van der Waals surface area contributed by atoms with E-state index in [0.29, 0.717) is 11.8 Å². The average molecular weight is 387 g/mol. The van der Waals surface area contributed by atoms with Crippen molar-refractivity contribution in [2.75, 3.05) is 0 Å². The molecule has 6 nitrogen and oxygen atoms in total. The van der Waals surface area contributed by atoms with E-state index in [2.05, 4.69) is 53.7 Å². The third-order valence-corrected chi connectivity index (χ3v) is 5.35. The number of hydrogen-bond acceptors (Lipinski definition) is 5. The van der Waals surface area contributed by atoms with Gasteiger partial charge in [-0.05, 0) is 58.2 Å². The maximum atomic E-state index is 4.92. The Hall–Kier alpha value is -3.15. The summed E-state index contributed by atoms with van der Waals surface area (Å²) in [6.45, 7) is 13.9. The minimum atomic E-state index is 0.362. The molecule has 0 bridgehead atoms. The van der Waals surface area contributed by atoms with E-state index in [1.54, 1.807) is 4.68 Å². The Balaban J connectivity index is 1.61. The summed E-state index contributed by atoms with van der Waals surface area (Å²) in [5.74, 6) is 3.85. The summed E-state index contributed by atoms with van der Waals surface area (Å²) in [5, 5.41) is 4.46. The molecule has 6 heteroatoms. The fourth-order valence-electron chi connectivity index (χ4n) is 3.79. The van der Waals surface area contributed by atoms with Gasteiger partial charge in [-0.3, -0.25) is 4.99 Å². The highest BCUT2D eigenvalue weighted by atomic mass is 15.4. The van der Waals surface area contributed by atoms with Gasteiger partial charge in [-0.15, -0.1) is 5.10 Å². The van der Waals surface area contributed by atoms with Crippen molar-refractivity contribution >= 4 is 17.5 Å². The first-order valence-electron chi connectivity index (χ1n) is 9.90. The second-order valence-electron chi connectivity index (χ2n) is 7.78. The van der Waals surface area contributed by atoms with E-state index in [4.69, 9.17) is 9.98 Å². The molecule has 0 N–H and O–H groups in total. The molecule has 1 saturated carbocycles. The standard InChI is InChI=1S/C23H26N6/c1-7-18-9-8-13(2)10-21(18)24-14(3)19-11-20(19)22-12-23(27-15(4)26-22)29-17(6)25-16(5)28-29/h7-10,12,19-20H,1,11H2,2-6H3. The van der Waals surface area contributed by atoms with Crippen molar-refractivity contribution in [3.63, 3.8) is 0 Å². The lowest BCUT2D eigenvalue weighted by Gasteiger charge is -2.08. The zero-order valence-corrected chi connectivity index (χ0v) is 17.6. The van der Waals surface area contributed by atoms with Gasteiger partial charge in [0.15, 0.2) is 5.82 Å². The summed E-state index contributed by atoms with van der Waals surface area (Å²) in [5.41, 5.74) is 5.42. The Morgan fingerprint density at radius 2 is 1.90 bits per heavy atom. The fourth-order valence-corrected chi connectivity index (χ4v) is 3.79. The van der Waals surface area contributed by atoms with E-state index >= 15 is 0 Å². The lowest BCUT2D eigenvalue weighted by molar-refractivity contribution is 0.778. The van der Waals surface area contributed by atoms with E-state index in [1.165, 1.54) is 5.56 Å². The smallest absolute Gasteiger partial charge is 0.159 e. The van der Waals surface area contributed by atoms with Crippen LogP contribution < -0.4 is 0 Å². The third kappa shape index (κ3) is 3.88. The van der Waals surface area contributed by atoms with Crippen molar-refractivity contribution in [1.29, 1.82) is 0 Å². The Morgan fingerprint density at radius 1 is 1.10 bits per heavy atom. The molecule has 148 valence electrons. The van der Waals surface area contributed by atoms with Crippen molar-refractivity contribution in [3.8, 4) is 5.82 Å². The molecule has 2 aromatic heterocycles. The highest BCUT2D eigenvalue weighted by Gasteiger charge is 2.42. The molecule has 1 aliphatic rings. The highest BCUT2D eigenvalue weighted by molar-refractivity contribution is 5.91. The minimum absolute atomic E-state index is 0.362. The zero-order chi connectivity index (χ0) is 20.7. The lowest BCUT2D eigenvalue weighted by Crippen LogP contribution is -2.07. The van der Waals surface area contributed by atoms with Crippen molar-refractivity contribution < 1.29 is 0 Å². The molecule has 2 unspecified atom stereocenters. The van der Waals surface area contributed by atoms with Gasteiger partial charge in [-0.2, -0.15) is 4.68 Å². The number of aromatic nitrogens is 5. The molecule has 0 radical (unpaired) electrons. The molecule has 2 atom stereocenters. The van der Waals surface area contributed by atoms with E-state index in [-0.39, 0.29) is 0 Å². The van der Waals surface area contributed by atoms with Gasteiger partial charge in [0, 0.05) is 23.6 Å². The first-order chi connectivity index (χ1) is 13.9. The predicted molar refractivity (Wildman–Crippen MR) is 116 cm³/mol. The molecule has 1 aromatic carbocycles. The number of aliphatic imine (C=N–C) groups is 1. The van der Waals surface area contributed by atoms with E-state index in [9.17, 15) is 0 Å². The minimum Gasteiger partial charge on any atom is -0.257 e. The quantitative estimate of drug-likeness (QED) is 0.589. The van der Waals surface area contributed by atoms with E-state index < -0.39 is 0 Å². The number of hydrogen-bond donors (Lipinski definition) is 0. The average Bonchev–Trinajstić information content (AvgIpc) is 3.40. The Bertz CT molecular complexity index is 1120. The van der Waals surface area contributed by atoms with Crippen molar-refractivity contribution in [2.24, 2.45) is 10.9 Å². The molecule has 0 amide bonds. The summed E-state index contributed by atoms with van der Waals surface area (Å²) in [6.07, 6.45) is 2.91. The number of aryl methyl sites for hydroxylation is 4. The highest BCUT2D eigenvalue weighted by Crippen LogP contribution is 2.48. The molecule has 0 saturated heterocycles. The molecule has 4 rings (SSSR count). The van der Waals surface area contributed by atoms with Crippen LogP contribution in [0, 0.1) is 33.6 Å². The molecule has 0 aliphatic heterocycles. The maximum Gasteiger partial charge on any atom is 0.159 e. The second-order valence-corrected chi connectivity index (χ2v) is 7.78. The lowest BCUT2D eigenvalue weighted by atomic mass is 10.1. The predicted octanol–water partition coefficient (Wildman–Crippen LogP) is 4.83. The summed E-state index contributed by atoms with van der Waals surface area (Å²) in [7, 11) is 0. The van der Waals surface area contributed by atoms with Gasteiger partial charge < -0.3 is 0 Å². The number of nitrogens with zero attached hydrogens (tertiary/aromatic N) is 6. The van der Waals surface area contributed by atoms with Gasteiger partial charge in [0.2, 0.25) is 0 Å². The fraction of sp³-hybridized carbons (Fsp3) is 0.348. The van der Waals surface area contributed by atoms with Gasteiger partial charge >= 0.3 is 0 Å². The summed E-state index contributed by atoms with van der Waals surface area (Å²) in [4.78, 5) is 18.6. The number of benzene rings is 1. The Labute approximate surface area is 171 Å². The molecule has 0 spiro atoms. The van der Waals surface area contributed by atoms with E-state index in [0.717, 1.165) is 52.4 Å². The SMILES string of the molecule is C=Cc1ccc(C)cc1N=C(C)C1CC1c1cc(-n2nc(C)nc2C)nc(C)n1. The molecule has 3 aromatic rings. The third-order valence-electron chi connectivity index (χ3n) is 5.35. The van der Waals surface area contributed by atoms with Crippen LogP contribution in [0.3, 0.4) is 0 Å². The first kappa shape index (κ1) is 19.2. The largest absolute Gasteiger partial charge is 0.257 e. The Morgan fingerprint density at radius 3 is 2.59 bits per heavy atom. The van der Waals surface area contributed by atoms with Crippen LogP contribution in [-0.4, -0.2) is 30.4 Å². The van der Waals surface area contributed by atoms with Crippen LogP contribution in [0.1, 0.15) is 53.6 Å². The monoisotopic (exact) mass is 386 g/mol. The molecular weight excluding hydrogens is 360 g/mol. The van der Waals surface area contributed by atoms with Crippen LogP contribution >= 0.6 is 0 Å². The van der Waals surface area contributed by atoms with Crippen LogP contribution in [0.2, 0.25) is 0 Å². The summed E-state index contributed by atoms with van der Waals surface area (Å²) < 4.78 is 1.79. The van der Waals surface area contributed by atoms with Crippen LogP contribution in [0.5, 0.6) is 0 Å². The van der Waals surface area contributed by atoms with Gasteiger partial charge in [0.05, 0.1) is 11.4 Å².